The lowest BCUT2D eigenvalue weighted by Crippen LogP contribution is -2.20. The SMILES string of the molecule is CC(C)CNCc1cc2ccccc2c(-n2cccn2)n1. The first-order chi connectivity index (χ1) is 10.2. The van der Waals surface area contributed by atoms with Gasteiger partial charge >= 0.3 is 0 Å². The largest absolute Gasteiger partial charge is 0.311 e. The first kappa shape index (κ1) is 13.8. The van der Waals surface area contributed by atoms with Gasteiger partial charge in [-0.1, -0.05) is 38.1 Å². The van der Waals surface area contributed by atoms with Crippen LogP contribution in [0.15, 0.2) is 48.8 Å². The van der Waals surface area contributed by atoms with Crippen LogP contribution in [0.3, 0.4) is 0 Å². The van der Waals surface area contributed by atoms with Crippen molar-refractivity contribution in [1.82, 2.24) is 20.1 Å². The molecule has 3 aromatic rings. The van der Waals surface area contributed by atoms with Gasteiger partial charge in [-0.15, -0.1) is 0 Å². The van der Waals surface area contributed by atoms with Crippen LogP contribution in [-0.2, 0) is 6.54 Å². The molecule has 0 saturated heterocycles. The highest BCUT2D eigenvalue weighted by Crippen LogP contribution is 2.21. The summed E-state index contributed by atoms with van der Waals surface area (Å²) in [6.07, 6.45) is 3.71. The number of fused-ring (bicyclic) bond motifs is 1. The Hall–Kier alpha value is -2.20. The average Bonchev–Trinajstić information content (AvgIpc) is 3.00. The standard InChI is InChI=1S/C17H20N4/c1-13(2)11-18-12-15-10-14-6-3-4-7-16(14)17(20-15)21-9-5-8-19-21/h3-10,13,18H,11-12H2,1-2H3. The van der Waals surface area contributed by atoms with Crippen molar-refractivity contribution in [2.75, 3.05) is 6.54 Å². The van der Waals surface area contributed by atoms with E-state index in [0.29, 0.717) is 5.92 Å². The van der Waals surface area contributed by atoms with Gasteiger partial charge < -0.3 is 5.32 Å². The summed E-state index contributed by atoms with van der Waals surface area (Å²) in [6.45, 7) is 6.18. The second kappa shape index (κ2) is 6.06. The van der Waals surface area contributed by atoms with Crippen LogP contribution in [0, 0.1) is 5.92 Å². The number of aromatic nitrogens is 3. The lowest BCUT2D eigenvalue weighted by molar-refractivity contribution is 0.548. The molecule has 21 heavy (non-hydrogen) atoms. The maximum Gasteiger partial charge on any atom is 0.161 e. The van der Waals surface area contributed by atoms with Crippen LogP contribution in [0.1, 0.15) is 19.5 Å². The molecule has 4 heteroatoms. The highest BCUT2D eigenvalue weighted by molar-refractivity contribution is 5.88. The molecule has 0 aliphatic carbocycles. The minimum Gasteiger partial charge on any atom is -0.311 e. The van der Waals surface area contributed by atoms with Crippen molar-refractivity contribution in [2.24, 2.45) is 5.92 Å². The molecule has 4 nitrogen and oxygen atoms in total. The predicted octanol–water partition coefficient (Wildman–Crippen LogP) is 3.17. The Labute approximate surface area is 124 Å². The molecular weight excluding hydrogens is 260 g/mol. The molecule has 0 saturated carbocycles. The molecule has 0 unspecified atom stereocenters. The molecule has 0 aliphatic rings. The number of nitrogens with zero attached hydrogens (tertiary/aromatic N) is 3. The Morgan fingerprint density at radius 2 is 2.05 bits per heavy atom. The minimum absolute atomic E-state index is 0.635. The third-order valence-electron chi connectivity index (χ3n) is 3.35. The fraction of sp³-hybridized carbons (Fsp3) is 0.294. The lowest BCUT2D eigenvalue weighted by Gasteiger charge is -2.11. The van der Waals surface area contributed by atoms with E-state index >= 15 is 0 Å². The number of hydrogen-bond donors (Lipinski definition) is 1. The Kier molecular flexibility index (Phi) is 3.97. The molecular formula is C17H20N4. The van der Waals surface area contributed by atoms with Gasteiger partial charge in [0.05, 0.1) is 5.69 Å². The summed E-state index contributed by atoms with van der Waals surface area (Å²) < 4.78 is 1.83. The predicted molar refractivity (Wildman–Crippen MR) is 85.4 cm³/mol. The highest BCUT2D eigenvalue weighted by atomic mass is 15.3. The highest BCUT2D eigenvalue weighted by Gasteiger charge is 2.08. The molecule has 0 fully saturated rings. The van der Waals surface area contributed by atoms with E-state index in [1.165, 1.54) is 5.39 Å². The fourth-order valence-electron chi connectivity index (χ4n) is 2.38. The van der Waals surface area contributed by atoms with Gasteiger partial charge in [0, 0.05) is 24.3 Å². The van der Waals surface area contributed by atoms with Crippen LogP contribution in [0.2, 0.25) is 0 Å². The van der Waals surface area contributed by atoms with Crippen molar-refractivity contribution >= 4 is 10.8 Å². The summed E-state index contributed by atoms with van der Waals surface area (Å²) in [5.41, 5.74) is 1.04. The van der Waals surface area contributed by atoms with Gasteiger partial charge in [0.1, 0.15) is 0 Å². The van der Waals surface area contributed by atoms with Crippen LogP contribution < -0.4 is 5.32 Å². The smallest absolute Gasteiger partial charge is 0.161 e. The number of rotatable bonds is 5. The zero-order valence-corrected chi connectivity index (χ0v) is 12.5. The van der Waals surface area contributed by atoms with Crippen molar-refractivity contribution in [3.63, 3.8) is 0 Å². The monoisotopic (exact) mass is 280 g/mol. The molecule has 0 spiro atoms. The molecule has 3 rings (SSSR count). The van der Waals surface area contributed by atoms with E-state index in [-0.39, 0.29) is 0 Å². The molecule has 108 valence electrons. The summed E-state index contributed by atoms with van der Waals surface area (Å²) in [5.74, 6) is 1.52. The van der Waals surface area contributed by atoms with Crippen molar-refractivity contribution in [3.8, 4) is 5.82 Å². The molecule has 2 heterocycles. The first-order valence-corrected chi connectivity index (χ1v) is 7.33. The molecule has 0 atom stereocenters. The van der Waals surface area contributed by atoms with Gasteiger partial charge in [0.2, 0.25) is 0 Å². The van der Waals surface area contributed by atoms with Gasteiger partial charge in [-0.25, -0.2) is 9.67 Å². The fourth-order valence-corrected chi connectivity index (χ4v) is 2.38. The normalized spacial score (nSPS) is 11.4. The van der Waals surface area contributed by atoms with Crippen LogP contribution >= 0.6 is 0 Å². The number of pyridine rings is 1. The zero-order valence-electron chi connectivity index (χ0n) is 12.5. The minimum atomic E-state index is 0.635. The zero-order chi connectivity index (χ0) is 14.7. The Balaban J connectivity index is 1.99. The lowest BCUT2D eigenvalue weighted by atomic mass is 10.1. The summed E-state index contributed by atoms with van der Waals surface area (Å²) in [6, 6.07) is 12.4. The molecule has 0 bridgehead atoms. The molecule has 2 aromatic heterocycles. The maximum absolute atomic E-state index is 4.78. The first-order valence-electron chi connectivity index (χ1n) is 7.33. The number of nitrogens with one attached hydrogen (secondary N) is 1. The topological polar surface area (TPSA) is 42.7 Å². The molecule has 1 N–H and O–H groups in total. The molecule has 0 amide bonds. The summed E-state index contributed by atoms with van der Waals surface area (Å²) >= 11 is 0. The van der Waals surface area contributed by atoms with Gasteiger partial charge in [-0.05, 0) is 30.0 Å². The van der Waals surface area contributed by atoms with Gasteiger partial charge in [0.15, 0.2) is 5.82 Å². The van der Waals surface area contributed by atoms with E-state index < -0.39 is 0 Å². The van der Waals surface area contributed by atoms with E-state index in [4.69, 9.17) is 4.98 Å². The Morgan fingerprint density at radius 3 is 2.81 bits per heavy atom. The third-order valence-corrected chi connectivity index (χ3v) is 3.35. The van der Waals surface area contributed by atoms with Crippen LogP contribution in [0.4, 0.5) is 0 Å². The van der Waals surface area contributed by atoms with Crippen LogP contribution in [0.25, 0.3) is 16.6 Å². The molecule has 1 aromatic carbocycles. The van der Waals surface area contributed by atoms with Crippen molar-refractivity contribution in [2.45, 2.75) is 20.4 Å². The molecule has 0 radical (unpaired) electrons. The Bertz CT molecular complexity index is 717. The second-order valence-electron chi connectivity index (χ2n) is 5.63. The summed E-state index contributed by atoms with van der Waals surface area (Å²) in [5, 5.41) is 10.1. The van der Waals surface area contributed by atoms with Crippen molar-refractivity contribution in [1.29, 1.82) is 0 Å². The van der Waals surface area contributed by atoms with E-state index in [2.05, 4.69) is 48.5 Å². The number of benzene rings is 1. The number of hydrogen-bond acceptors (Lipinski definition) is 3. The third kappa shape index (κ3) is 3.11. The van der Waals surface area contributed by atoms with E-state index in [1.54, 1.807) is 6.20 Å². The summed E-state index contributed by atoms with van der Waals surface area (Å²) in [7, 11) is 0. The maximum atomic E-state index is 4.78. The van der Waals surface area contributed by atoms with Gasteiger partial charge in [-0.3, -0.25) is 0 Å². The van der Waals surface area contributed by atoms with Gasteiger partial charge in [0.25, 0.3) is 0 Å². The quantitative estimate of drug-likeness (QED) is 0.780. The van der Waals surface area contributed by atoms with Crippen molar-refractivity contribution in [3.05, 3.63) is 54.5 Å². The van der Waals surface area contributed by atoms with E-state index in [1.807, 2.05) is 23.0 Å². The van der Waals surface area contributed by atoms with Crippen LogP contribution in [-0.4, -0.2) is 21.3 Å². The van der Waals surface area contributed by atoms with E-state index in [0.717, 1.165) is 30.0 Å². The molecule has 0 aliphatic heterocycles. The van der Waals surface area contributed by atoms with E-state index in [9.17, 15) is 0 Å². The summed E-state index contributed by atoms with van der Waals surface area (Å²) in [4.78, 5) is 4.78. The second-order valence-corrected chi connectivity index (χ2v) is 5.63. The average molecular weight is 280 g/mol. The van der Waals surface area contributed by atoms with Crippen LogP contribution in [0.5, 0.6) is 0 Å². The Morgan fingerprint density at radius 1 is 1.19 bits per heavy atom. The van der Waals surface area contributed by atoms with Gasteiger partial charge in [-0.2, -0.15) is 5.10 Å². The van der Waals surface area contributed by atoms with Crippen molar-refractivity contribution < 1.29 is 0 Å².